The highest BCUT2D eigenvalue weighted by molar-refractivity contribution is 7.99. The predicted molar refractivity (Wildman–Crippen MR) is 48.5 cm³/mol. The van der Waals surface area contributed by atoms with Crippen LogP contribution in [0.25, 0.3) is 0 Å². The van der Waals surface area contributed by atoms with Gasteiger partial charge in [0.25, 0.3) is 0 Å². The van der Waals surface area contributed by atoms with Crippen molar-refractivity contribution in [1.82, 2.24) is 0 Å². The van der Waals surface area contributed by atoms with Crippen LogP contribution in [0.5, 0.6) is 0 Å². The average molecular weight is 256 g/mol. The number of carboxylic acids is 1. The molecular weight excluding hydrogens is 249 g/mol. The van der Waals surface area contributed by atoms with Crippen LogP contribution in [-0.2, 0) is 0 Å². The molecular formula is C8H7F3O4S. The van der Waals surface area contributed by atoms with Crippen LogP contribution in [0.1, 0.15) is 10.6 Å². The van der Waals surface area contributed by atoms with Gasteiger partial charge in [-0.3, -0.25) is 0 Å². The van der Waals surface area contributed by atoms with Crippen molar-refractivity contribution in [3.63, 3.8) is 0 Å². The van der Waals surface area contributed by atoms with Gasteiger partial charge in [-0.2, -0.15) is 13.2 Å². The van der Waals surface area contributed by atoms with E-state index in [1.54, 1.807) is 0 Å². The first-order valence-corrected chi connectivity index (χ1v) is 5.00. The summed E-state index contributed by atoms with van der Waals surface area (Å²) >= 11 is 0.594. The Morgan fingerprint density at radius 2 is 2.12 bits per heavy atom. The van der Waals surface area contributed by atoms with Crippen molar-refractivity contribution >= 4 is 17.7 Å². The summed E-state index contributed by atoms with van der Waals surface area (Å²) in [6.07, 6.45) is -7.15. The first-order chi connectivity index (χ1) is 7.30. The lowest BCUT2D eigenvalue weighted by molar-refractivity contribution is -0.195. The zero-order valence-electron chi connectivity index (χ0n) is 7.69. The average Bonchev–Trinajstić information content (AvgIpc) is 2.60. The summed E-state index contributed by atoms with van der Waals surface area (Å²) in [7, 11) is 0. The first-order valence-electron chi connectivity index (χ1n) is 4.01. The van der Waals surface area contributed by atoms with E-state index in [2.05, 4.69) is 0 Å². The molecule has 1 unspecified atom stereocenters. The quantitative estimate of drug-likeness (QED) is 0.806. The fraction of sp³-hybridized carbons (Fsp3) is 0.375. The number of rotatable bonds is 4. The molecule has 0 saturated carbocycles. The van der Waals surface area contributed by atoms with Gasteiger partial charge in [-0.1, -0.05) is 11.8 Å². The molecule has 1 rings (SSSR count). The minimum Gasteiger partial charge on any atom is -0.475 e. The Balaban J connectivity index is 2.52. The Morgan fingerprint density at radius 3 is 2.56 bits per heavy atom. The summed E-state index contributed by atoms with van der Waals surface area (Å²) in [4.78, 5) is 10.4. The Hall–Kier alpha value is -1.15. The van der Waals surface area contributed by atoms with Crippen LogP contribution in [-0.4, -0.2) is 34.2 Å². The monoisotopic (exact) mass is 256 g/mol. The Labute approximate surface area is 92.1 Å². The molecule has 8 heteroatoms. The van der Waals surface area contributed by atoms with Gasteiger partial charge in [0, 0.05) is 5.75 Å². The zero-order chi connectivity index (χ0) is 12.3. The second-order valence-electron chi connectivity index (χ2n) is 2.79. The number of hydrogen-bond donors (Lipinski definition) is 2. The van der Waals surface area contributed by atoms with Gasteiger partial charge in [0.2, 0.25) is 5.76 Å². The van der Waals surface area contributed by atoms with Gasteiger partial charge < -0.3 is 14.6 Å². The lowest BCUT2D eigenvalue weighted by Gasteiger charge is -2.12. The summed E-state index contributed by atoms with van der Waals surface area (Å²) < 4.78 is 40.4. The molecule has 0 aliphatic carbocycles. The number of carbonyl (C=O) groups is 1. The van der Waals surface area contributed by atoms with Crippen LogP contribution in [0.3, 0.4) is 0 Å². The van der Waals surface area contributed by atoms with Crippen LogP contribution in [0.4, 0.5) is 13.2 Å². The van der Waals surface area contributed by atoms with Crippen molar-refractivity contribution in [2.75, 3.05) is 5.75 Å². The molecule has 0 aliphatic heterocycles. The van der Waals surface area contributed by atoms with Gasteiger partial charge in [0.1, 0.15) is 0 Å². The third-order valence-electron chi connectivity index (χ3n) is 1.55. The standard InChI is InChI=1S/C8H7F3O4S/c9-8(10,11)5(12)3-16-6-2-1-4(15-6)7(13)14/h1-2,5,12H,3H2,(H,13,14). The number of thioether (sulfide) groups is 1. The van der Waals surface area contributed by atoms with Gasteiger partial charge in [0.05, 0.1) is 0 Å². The molecule has 2 N–H and O–H groups in total. The molecule has 4 nitrogen and oxygen atoms in total. The van der Waals surface area contributed by atoms with E-state index < -0.39 is 24.0 Å². The molecule has 16 heavy (non-hydrogen) atoms. The van der Waals surface area contributed by atoms with E-state index in [0.717, 1.165) is 6.07 Å². The van der Waals surface area contributed by atoms with Gasteiger partial charge in [0.15, 0.2) is 11.2 Å². The van der Waals surface area contributed by atoms with Gasteiger partial charge in [-0.05, 0) is 12.1 Å². The number of hydrogen-bond acceptors (Lipinski definition) is 4. The van der Waals surface area contributed by atoms with Crippen molar-refractivity contribution in [2.24, 2.45) is 0 Å². The van der Waals surface area contributed by atoms with Crippen molar-refractivity contribution in [2.45, 2.75) is 17.4 Å². The number of carboxylic acid groups (broad SMARTS) is 1. The number of aliphatic hydroxyl groups excluding tert-OH is 1. The summed E-state index contributed by atoms with van der Waals surface area (Å²) in [5.41, 5.74) is 0. The number of furan rings is 1. The number of aliphatic hydroxyl groups is 1. The van der Waals surface area contributed by atoms with Crippen LogP contribution in [0.15, 0.2) is 21.6 Å². The fourth-order valence-corrected chi connectivity index (χ4v) is 1.59. The third kappa shape index (κ3) is 3.46. The van der Waals surface area contributed by atoms with Crippen molar-refractivity contribution < 1.29 is 32.6 Å². The highest BCUT2D eigenvalue weighted by Gasteiger charge is 2.38. The molecule has 90 valence electrons. The Bertz CT molecular complexity index is 374. The van der Waals surface area contributed by atoms with E-state index in [1.165, 1.54) is 6.07 Å². The molecule has 0 aliphatic rings. The summed E-state index contributed by atoms with van der Waals surface area (Å²) in [5, 5.41) is 17.1. The van der Waals surface area contributed by atoms with E-state index in [-0.39, 0.29) is 10.9 Å². The van der Waals surface area contributed by atoms with E-state index in [1.807, 2.05) is 0 Å². The number of alkyl halides is 3. The van der Waals surface area contributed by atoms with Gasteiger partial charge in [-0.25, -0.2) is 4.79 Å². The second kappa shape index (κ2) is 4.79. The van der Waals surface area contributed by atoms with E-state index in [0.29, 0.717) is 11.8 Å². The summed E-state index contributed by atoms with van der Waals surface area (Å²) in [6, 6.07) is 2.36. The zero-order valence-corrected chi connectivity index (χ0v) is 8.51. The normalized spacial score (nSPS) is 13.8. The third-order valence-corrected chi connectivity index (χ3v) is 2.54. The fourth-order valence-electron chi connectivity index (χ4n) is 0.768. The first kappa shape index (κ1) is 12.9. The lowest BCUT2D eigenvalue weighted by Crippen LogP contribution is -2.30. The SMILES string of the molecule is O=C(O)c1ccc(SCC(O)C(F)(F)F)o1. The maximum Gasteiger partial charge on any atom is 0.415 e. The van der Waals surface area contributed by atoms with E-state index >= 15 is 0 Å². The molecule has 1 aromatic heterocycles. The molecule has 1 heterocycles. The molecule has 1 atom stereocenters. The largest absolute Gasteiger partial charge is 0.475 e. The van der Waals surface area contributed by atoms with E-state index in [9.17, 15) is 18.0 Å². The number of halogens is 3. The topological polar surface area (TPSA) is 70.7 Å². The van der Waals surface area contributed by atoms with Crippen LogP contribution >= 0.6 is 11.8 Å². The molecule has 0 amide bonds. The second-order valence-corrected chi connectivity index (χ2v) is 3.82. The molecule has 0 aromatic carbocycles. The minimum atomic E-state index is -4.69. The van der Waals surface area contributed by atoms with Crippen LogP contribution in [0.2, 0.25) is 0 Å². The maximum atomic E-state index is 11.9. The molecule has 0 bridgehead atoms. The molecule has 0 spiro atoms. The van der Waals surface area contributed by atoms with Gasteiger partial charge in [-0.15, -0.1) is 0 Å². The molecule has 0 radical (unpaired) electrons. The van der Waals surface area contributed by atoms with Gasteiger partial charge >= 0.3 is 12.1 Å². The van der Waals surface area contributed by atoms with Crippen molar-refractivity contribution in [1.29, 1.82) is 0 Å². The lowest BCUT2D eigenvalue weighted by atomic mass is 10.4. The highest BCUT2D eigenvalue weighted by Crippen LogP contribution is 2.27. The molecule has 1 aromatic rings. The smallest absolute Gasteiger partial charge is 0.415 e. The van der Waals surface area contributed by atoms with E-state index in [4.69, 9.17) is 14.6 Å². The van der Waals surface area contributed by atoms with Crippen molar-refractivity contribution in [3.8, 4) is 0 Å². The Morgan fingerprint density at radius 1 is 1.50 bits per heavy atom. The van der Waals surface area contributed by atoms with Crippen molar-refractivity contribution in [3.05, 3.63) is 17.9 Å². The molecule has 0 saturated heterocycles. The minimum absolute atomic E-state index is 0.0145. The summed E-state index contributed by atoms with van der Waals surface area (Å²) in [5.74, 6) is -2.30. The summed E-state index contributed by atoms with van der Waals surface area (Å²) in [6.45, 7) is 0. The predicted octanol–water partition coefficient (Wildman–Crippen LogP) is 1.99. The number of aromatic carboxylic acids is 1. The Kier molecular flexibility index (Phi) is 3.87. The highest BCUT2D eigenvalue weighted by atomic mass is 32.2. The maximum absolute atomic E-state index is 11.9. The van der Waals surface area contributed by atoms with Crippen LogP contribution < -0.4 is 0 Å². The van der Waals surface area contributed by atoms with Crippen LogP contribution in [0, 0.1) is 0 Å². The molecule has 0 fully saturated rings.